The van der Waals surface area contributed by atoms with Crippen molar-refractivity contribution in [2.45, 2.75) is 0 Å². The molecule has 2 aromatic rings. The van der Waals surface area contributed by atoms with E-state index in [1.54, 1.807) is 0 Å². The van der Waals surface area contributed by atoms with Crippen LogP contribution >= 0.6 is 39.1 Å². The van der Waals surface area contributed by atoms with Crippen molar-refractivity contribution < 1.29 is 0 Å². The molecule has 0 aliphatic rings. The molecule has 2 rings (SSSR count). The second kappa shape index (κ2) is 5.43. The standard InChI is InChI=1S/C12H10BrCl2N3/c1-18(2)8-5-3-7(4-6-8)12-16-10(14)9(13)11(15)17-12/h3-6H,1-2H3. The maximum absolute atomic E-state index is 5.96. The number of nitrogens with zero attached hydrogens (tertiary/aromatic N) is 3. The molecule has 0 fully saturated rings. The molecule has 0 radical (unpaired) electrons. The van der Waals surface area contributed by atoms with Gasteiger partial charge in [-0.3, -0.25) is 0 Å². The van der Waals surface area contributed by atoms with E-state index in [-0.39, 0.29) is 0 Å². The minimum Gasteiger partial charge on any atom is -0.378 e. The minimum absolute atomic E-state index is 0.307. The van der Waals surface area contributed by atoms with Crippen LogP contribution in [-0.2, 0) is 0 Å². The topological polar surface area (TPSA) is 29.0 Å². The minimum atomic E-state index is 0.307. The Labute approximate surface area is 124 Å². The summed E-state index contributed by atoms with van der Waals surface area (Å²) in [6.45, 7) is 0. The first-order chi connectivity index (χ1) is 8.49. The molecule has 3 nitrogen and oxygen atoms in total. The number of benzene rings is 1. The van der Waals surface area contributed by atoms with E-state index in [0.29, 0.717) is 20.6 Å². The molecule has 0 saturated heterocycles. The number of aromatic nitrogens is 2. The second-order valence-electron chi connectivity index (χ2n) is 3.88. The van der Waals surface area contributed by atoms with E-state index in [1.807, 2.05) is 43.3 Å². The van der Waals surface area contributed by atoms with Crippen molar-refractivity contribution in [3.05, 3.63) is 39.0 Å². The van der Waals surface area contributed by atoms with Crippen molar-refractivity contribution in [1.29, 1.82) is 0 Å². The van der Waals surface area contributed by atoms with E-state index in [9.17, 15) is 0 Å². The number of anilines is 1. The van der Waals surface area contributed by atoms with Gasteiger partial charge in [0.05, 0.1) is 4.47 Å². The van der Waals surface area contributed by atoms with Gasteiger partial charge in [0.1, 0.15) is 10.3 Å². The van der Waals surface area contributed by atoms with Crippen LogP contribution in [-0.4, -0.2) is 24.1 Å². The molecular formula is C12H10BrCl2N3. The Morgan fingerprint density at radius 1 is 1.00 bits per heavy atom. The zero-order chi connectivity index (χ0) is 13.3. The molecule has 0 bridgehead atoms. The van der Waals surface area contributed by atoms with Crippen LogP contribution in [0.4, 0.5) is 5.69 Å². The van der Waals surface area contributed by atoms with Crippen LogP contribution in [0.1, 0.15) is 0 Å². The van der Waals surface area contributed by atoms with Gasteiger partial charge in [0.25, 0.3) is 0 Å². The Bertz CT molecular complexity index is 547. The average molecular weight is 347 g/mol. The first-order valence-electron chi connectivity index (χ1n) is 5.15. The smallest absolute Gasteiger partial charge is 0.162 e. The molecule has 0 amide bonds. The predicted molar refractivity (Wildman–Crippen MR) is 79.5 cm³/mol. The fourth-order valence-electron chi connectivity index (χ4n) is 1.43. The van der Waals surface area contributed by atoms with Gasteiger partial charge in [-0.15, -0.1) is 0 Å². The summed E-state index contributed by atoms with van der Waals surface area (Å²) >= 11 is 15.1. The molecule has 0 aliphatic carbocycles. The zero-order valence-electron chi connectivity index (χ0n) is 9.78. The van der Waals surface area contributed by atoms with Gasteiger partial charge in [-0.05, 0) is 40.2 Å². The lowest BCUT2D eigenvalue weighted by Gasteiger charge is -2.12. The van der Waals surface area contributed by atoms with Crippen molar-refractivity contribution in [2.75, 3.05) is 19.0 Å². The predicted octanol–water partition coefficient (Wildman–Crippen LogP) is 4.28. The van der Waals surface area contributed by atoms with Crippen molar-refractivity contribution in [2.24, 2.45) is 0 Å². The largest absolute Gasteiger partial charge is 0.378 e. The summed E-state index contributed by atoms with van der Waals surface area (Å²) in [6.07, 6.45) is 0. The number of rotatable bonds is 2. The molecule has 0 unspecified atom stereocenters. The highest BCUT2D eigenvalue weighted by molar-refractivity contribution is 9.10. The van der Waals surface area contributed by atoms with E-state index in [1.165, 1.54) is 0 Å². The third-order valence-electron chi connectivity index (χ3n) is 2.41. The zero-order valence-corrected chi connectivity index (χ0v) is 12.9. The first kappa shape index (κ1) is 13.6. The van der Waals surface area contributed by atoms with Crippen LogP contribution in [0.3, 0.4) is 0 Å². The van der Waals surface area contributed by atoms with Crippen LogP contribution < -0.4 is 4.90 Å². The van der Waals surface area contributed by atoms with Crippen LogP contribution in [0.2, 0.25) is 10.3 Å². The number of hydrogen-bond acceptors (Lipinski definition) is 3. The Morgan fingerprint density at radius 2 is 1.50 bits per heavy atom. The molecule has 6 heteroatoms. The highest BCUT2D eigenvalue weighted by atomic mass is 79.9. The van der Waals surface area contributed by atoms with Gasteiger partial charge in [-0.2, -0.15) is 0 Å². The van der Waals surface area contributed by atoms with Crippen molar-refractivity contribution >= 4 is 44.8 Å². The number of hydrogen-bond donors (Lipinski definition) is 0. The van der Waals surface area contributed by atoms with Crippen LogP contribution in [0.15, 0.2) is 28.7 Å². The van der Waals surface area contributed by atoms with E-state index in [0.717, 1.165) is 11.3 Å². The molecular weight excluding hydrogens is 337 g/mol. The second-order valence-corrected chi connectivity index (χ2v) is 5.39. The molecule has 1 aromatic carbocycles. The van der Waals surface area contributed by atoms with Gasteiger partial charge < -0.3 is 4.90 Å². The van der Waals surface area contributed by atoms with Gasteiger partial charge >= 0.3 is 0 Å². The van der Waals surface area contributed by atoms with E-state index < -0.39 is 0 Å². The Hall–Kier alpha value is -0.840. The molecule has 18 heavy (non-hydrogen) atoms. The molecule has 0 aliphatic heterocycles. The van der Waals surface area contributed by atoms with E-state index in [4.69, 9.17) is 23.2 Å². The molecule has 0 N–H and O–H groups in total. The maximum atomic E-state index is 5.96. The Kier molecular flexibility index (Phi) is 4.10. The molecule has 0 saturated carbocycles. The van der Waals surface area contributed by atoms with Gasteiger partial charge in [0, 0.05) is 25.3 Å². The number of halogens is 3. The molecule has 1 heterocycles. The summed E-state index contributed by atoms with van der Waals surface area (Å²) in [4.78, 5) is 10.4. The van der Waals surface area contributed by atoms with Crippen LogP contribution in [0.5, 0.6) is 0 Å². The summed E-state index contributed by atoms with van der Waals surface area (Å²) < 4.78 is 0.513. The van der Waals surface area contributed by atoms with Gasteiger partial charge in [0.2, 0.25) is 0 Å². The maximum Gasteiger partial charge on any atom is 0.162 e. The van der Waals surface area contributed by atoms with Crippen molar-refractivity contribution in [1.82, 2.24) is 9.97 Å². The first-order valence-corrected chi connectivity index (χ1v) is 6.70. The SMILES string of the molecule is CN(C)c1ccc(-c2nc(Cl)c(Br)c(Cl)n2)cc1. The van der Waals surface area contributed by atoms with E-state index in [2.05, 4.69) is 25.9 Å². The summed E-state index contributed by atoms with van der Waals surface area (Å²) in [5.41, 5.74) is 1.98. The Balaban J connectivity index is 2.43. The lowest BCUT2D eigenvalue weighted by molar-refractivity contribution is 1.13. The molecule has 0 spiro atoms. The van der Waals surface area contributed by atoms with Crippen molar-refractivity contribution in [3.8, 4) is 11.4 Å². The van der Waals surface area contributed by atoms with Crippen LogP contribution in [0, 0.1) is 0 Å². The molecule has 94 valence electrons. The Morgan fingerprint density at radius 3 is 1.94 bits per heavy atom. The van der Waals surface area contributed by atoms with Crippen molar-refractivity contribution in [3.63, 3.8) is 0 Å². The normalized spacial score (nSPS) is 10.5. The summed E-state index contributed by atoms with van der Waals surface area (Å²) in [7, 11) is 3.97. The van der Waals surface area contributed by atoms with E-state index >= 15 is 0 Å². The molecule has 0 atom stereocenters. The van der Waals surface area contributed by atoms with Crippen LogP contribution in [0.25, 0.3) is 11.4 Å². The fourth-order valence-corrected chi connectivity index (χ4v) is 2.00. The highest BCUT2D eigenvalue weighted by Crippen LogP contribution is 2.30. The lowest BCUT2D eigenvalue weighted by atomic mass is 10.2. The third kappa shape index (κ3) is 2.76. The third-order valence-corrected chi connectivity index (χ3v) is 4.17. The lowest BCUT2D eigenvalue weighted by Crippen LogP contribution is -2.08. The quantitative estimate of drug-likeness (QED) is 0.760. The van der Waals surface area contributed by atoms with Gasteiger partial charge in [-0.25, -0.2) is 9.97 Å². The van der Waals surface area contributed by atoms with Gasteiger partial charge in [-0.1, -0.05) is 23.2 Å². The highest BCUT2D eigenvalue weighted by Gasteiger charge is 2.10. The monoisotopic (exact) mass is 345 g/mol. The molecule has 1 aromatic heterocycles. The fraction of sp³-hybridized carbons (Fsp3) is 0.167. The summed E-state index contributed by atoms with van der Waals surface area (Å²) in [6, 6.07) is 7.85. The van der Waals surface area contributed by atoms with Gasteiger partial charge in [0.15, 0.2) is 5.82 Å². The average Bonchev–Trinajstić information content (AvgIpc) is 2.35. The summed E-state index contributed by atoms with van der Waals surface area (Å²) in [5, 5.41) is 0.614. The summed E-state index contributed by atoms with van der Waals surface area (Å²) in [5.74, 6) is 0.513.